The minimum absolute atomic E-state index is 0. The number of hydrogen-bond donors (Lipinski definition) is 0. The summed E-state index contributed by atoms with van der Waals surface area (Å²) in [6.45, 7) is 5.48. The zero-order valence-corrected chi connectivity index (χ0v) is 17.9. The van der Waals surface area contributed by atoms with Crippen molar-refractivity contribution in [3.63, 3.8) is 0 Å². The van der Waals surface area contributed by atoms with Gasteiger partial charge in [0.2, 0.25) is 0 Å². The van der Waals surface area contributed by atoms with E-state index in [1.807, 2.05) is 0 Å². The molecule has 0 bridgehead atoms. The number of carbonyl (C=O) groups excluding carboxylic acids is 2. The summed E-state index contributed by atoms with van der Waals surface area (Å²) in [5, 5.41) is 0. The van der Waals surface area contributed by atoms with Gasteiger partial charge in [-0.2, -0.15) is 0 Å². The van der Waals surface area contributed by atoms with Gasteiger partial charge in [-0.05, 0) is 25.7 Å². The van der Waals surface area contributed by atoms with Gasteiger partial charge in [-0.3, -0.25) is 9.59 Å². The van der Waals surface area contributed by atoms with Crippen LogP contribution in [-0.2, 0) is 19.1 Å². The molecule has 0 aromatic heterocycles. The predicted octanol–water partition coefficient (Wildman–Crippen LogP) is 6.44. The fraction of sp³-hybridized carbons (Fsp3) is 0.870. The molecule has 0 spiro atoms. The number of esters is 2. The van der Waals surface area contributed by atoms with Gasteiger partial charge in [0.1, 0.15) is 0 Å². The molecule has 0 atom stereocenters. The largest absolute Gasteiger partial charge is 0.466 e. The third-order valence-corrected chi connectivity index (χ3v) is 4.53. The molecule has 0 saturated carbocycles. The summed E-state index contributed by atoms with van der Waals surface area (Å²) >= 11 is 0. The second-order valence-electron chi connectivity index (χ2n) is 7.18. The lowest BCUT2D eigenvalue weighted by Gasteiger charge is -2.06. The summed E-state index contributed by atoms with van der Waals surface area (Å²) in [7, 11) is 0. The number of hydrogen-bond acceptors (Lipinski definition) is 4. The smallest absolute Gasteiger partial charge is 0.305 e. The Morgan fingerprint density at radius 2 is 0.852 bits per heavy atom. The monoisotopic (exact) mass is 382 g/mol. The van der Waals surface area contributed by atoms with Crippen molar-refractivity contribution >= 4 is 11.9 Å². The maximum Gasteiger partial charge on any atom is 0.305 e. The van der Waals surface area contributed by atoms with Gasteiger partial charge in [0.05, 0.1) is 13.2 Å². The van der Waals surface area contributed by atoms with Gasteiger partial charge in [0, 0.05) is 20.3 Å². The SMILES string of the molecule is CCCCCCCCOC(=O)CCCCC(=O)OCCCCCCCC.[C]. The van der Waals surface area contributed by atoms with Crippen LogP contribution in [0.25, 0.3) is 0 Å². The first-order chi connectivity index (χ1) is 12.7. The van der Waals surface area contributed by atoms with E-state index < -0.39 is 0 Å². The molecule has 0 aromatic rings. The molecule has 27 heavy (non-hydrogen) atoms. The molecule has 0 aliphatic heterocycles. The van der Waals surface area contributed by atoms with Gasteiger partial charge in [-0.25, -0.2) is 0 Å². The minimum atomic E-state index is -0.140. The Morgan fingerprint density at radius 3 is 1.22 bits per heavy atom. The molecule has 4 heteroatoms. The maximum absolute atomic E-state index is 11.6. The highest BCUT2D eigenvalue weighted by Gasteiger charge is 2.06. The molecule has 0 fully saturated rings. The van der Waals surface area contributed by atoms with E-state index >= 15 is 0 Å². The van der Waals surface area contributed by atoms with Crippen LogP contribution in [0.4, 0.5) is 0 Å². The van der Waals surface area contributed by atoms with Gasteiger partial charge >= 0.3 is 11.9 Å². The van der Waals surface area contributed by atoms with Crippen molar-refractivity contribution in [2.75, 3.05) is 13.2 Å². The van der Waals surface area contributed by atoms with E-state index in [4.69, 9.17) is 9.47 Å². The third-order valence-electron chi connectivity index (χ3n) is 4.53. The molecule has 0 heterocycles. The lowest BCUT2D eigenvalue weighted by Crippen LogP contribution is -2.08. The van der Waals surface area contributed by atoms with E-state index in [-0.39, 0.29) is 19.4 Å². The van der Waals surface area contributed by atoms with E-state index in [1.165, 1.54) is 51.4 Å². The van der Waals surface area contributed by atoms with Crippen molar-refractivity contribution in [3.8, 4) is 0 Å². The Hall–Kier alpha value is -1.06. The summed E-state index contributed by atoms with van der Waals surface area (Å²) in [5.74, 6) is -0.280. The third kappa shape index (κ3) is 22.9. The lowest BCUT2D eigenvalue weighted by atomic mass is 10.1. The lowest BCUT2D eigenvalue weighted by molar-refractivity contribution is -0.146. The Morgan fingerprint density at radius 1 is 0.519 bits per heavy atom. The first kappa shape index (κ1) is 28.2. The maximum atomic E-state index is 11.6. The average Bonchev–Trinajstić information content (AvgIpc) is 2.64. The summed E-state index contributed by atoms with van der Waals surface area (Å²) in [6, 6.07) is 0. The van der Waals surface area contributed by atoms with Crippen molar-refractivity contribution in [2.24, 2.45) is 0 Å². The van der Waals surface area contributed by atoms with Crippen molar-refractivity contribution in [1.82, 2.24) is 0 Å². The zero-order valence-electron chi connectivity index (χ0n) is 17.9. The summed E-state index contributed by atoms with van der Waals surface area (Å²) in [5.41, 5.74) is 0. The molecule has 0 unspecified atom stereocenters. The molecule has 4 radical (unpaired) electrons. The van der Waals surface area contributed by atoms with Crippen LogP contribution < -0.4 is 0 Å². The van der Waals surface area contributed by atoms with Crippen molar-refractivity contribution in [2.45, 2.75) is 117 Å². The van der Waals surface area contributed by atoms with Crippen LogP contribution in [-0.4, -0.2) is 25.2 Å². The molecule has 0 saturated heterocycles. The molecule has 4 nitrogen and oxygen atoms in total. The Bertz CT molecular complexity index is 296. The highest BCUT2D eigenvalue weighted by Crippen LogP contribution is 2.08. The molecular weight excluding hydrogens is 340 g/mol. The van der Waals surface area contributed by atoms with E-state index in [9.17, 15) is 9.59 Å². The van der Waals surface area contributed by atoms with E-state index in [2.05, 4.69) is 13.8 Å². The van der Waals surface area contributed by atoms with Gasteiger partial charge in [-0.1, -0.05) is 78.1 Å². The Balaban J connectivity index is 0. The van der Waals surface area contributed by atoms with Crippen LogP contribution >= 0.6 is 0 Å². The first-order valence-electron chi connectivity index (χ1n) is 11.0. The zero-order chi connectivity index (χ0) is 19.3. The van der Waals surface area contributed by atoms with Gasteiger partial charge < -0.3 is 9.47 Å². The van der Waals surface area contributed by atoms with Gasteiger partial charge in [0.25, 0.3) is 0 Å². The number of unbranched alkanes of at least 4 members (excludes halogenated alkanes) is 11. The number of ether oxygens (including phenoxy) is 2. The fourth-order valence-corrected chi connectivity index (χ4v) is 2.82. The average molecular weight is 383 g/mol. The van der Waals surface area contributed by atoms with Crippen LogP contribution in [0, 0.1) is 7.43 Å². The van der Waals surface area contributed by atoms with E-state index in [1.54, 1.807) is 0 Å². The van der Waals surface area contributed by atoms with E-state index in [0.29, 0.717) is 38.9 Å². The van der Waals surface area contributed by atoms with Crippen molar-refractivity contribution in [3.05, 3.63) is 7.43 Å². The Labute approximate surface area is 168 Å². The molecule has 0 aliphatic carbocycles. The molecule has 0 amide bonds. The van der Waals surface area contributed by atoms with Crippen LogP contribution in [0.5, 0.6) is 0 Å². The minimum Gasteiger partial charge on any atom is -0.466 e. The van der Waals surface area contributed by atoms with E-state index in [0.717, 1.165) is 25.7 Å². The quantitative estimate of drug-likeness (QED) is 0.191. The predicted molar refractivity (Wildman–Crippen MR) is 110 cm³/mol. The van der Waals surface area contributed by atoms with Crippen LogP contribution in [0.15, 0.2) is 0 Å². The highest BCUT2D eigenvalue weighted by atomic mass is 16.5. The molecule has 0 aromatic carbocycles. The highest BCUT2D eigenvalue weighted by molar-refractivity contribution is 5.70. The van der Waals surface area contributed by atoms with Crippen LogP contribution in [0.3, 0.4) is 0 Å². The molecule has 158 valence electrons. The summed E-state index contributed by atoms with van der Waals surface area (Å²) in [4.78, 5) is 23.2. The van der Waals surface area contributed by atoms with Gasteiger partial charge in [-0.15, -0.1) is 0 Å². The molecule has 0 N–H and O–H groups in total. The number of rotatable bonds is 19. The van der Waals surface area contributed by atoms with Crippen molar-refractivity contribution < 1.29 is 19.1 Å². The second-order valence-corrected chi connectivity index (χ2v) is 7.18. The molecular formula is C23H42O4. The topological polar surface area (TPSA) is 52.6 Å². The summed E-state index contributed by atoms with van der Waals surface area (Å²) < 4.78 is 10.4. The standard InChI is InChI=1S/C22H42O4.C/c1-3-5-7-9-11-15-19-25-21(23)17-13-14-18-22(24)26-20-16-12-10-8-6-4-2;/h3-20H2,1-2H3;. The number of carbonyl (C=O) groups is 2. The molecule has 0 rings (SSSR count). The normalized spacial score (nSPS) is 10.3. The van der Waals surface area contributed by atoms with Crippen molar-refractivity contribution in [1.29, 1.82) is 0 Å². The fourth-order valence-electron chi connectivity index (χ4n) is 2.82. The van der Waals surface area contributed by atoms with Gasteiger partial charge in [0.15, 0.2) is 0 Å². The van der Waals surface area contributed by atoms with Crippen LogP contribution in [0.1, 0.15) is 117 Å². The summed E-state index contributed by atoms with van der Waals surface area (Å²) in [6.07, 6.45) is 16.5. The Kier molecular flexibility index (Phi) is 24.0. The molecule has 0 aliphatic rings. The van der Waals surface area contributed by atoms with Crippen LogP contribution in [0.2, 0.25) is 0 Å². The second kappa shape index (κ2) is 23.0. The first-order valence-corrected chi connectivity index (χ1v) is 11.0.